The highest BCUT2D eigenvalue weighted by atomic mass is 35.5. The third kappa shape index (κ3) is 4.17. The number of halogens is 1. The molecule has 0 saturated heterocycles. The number of aryl methyl sites for hydroxylation is 2. The summed E-state index contributed by atoms with van der Waals surface area (Å²) >= 11 is 7.02. The molecule has 0 saturated carbocycles. The van der Waals surface area contributed by atoms with Crippen LogP contribution in [0.25, 0.3) is 5.69 Å². The minimum atomic E-state index is -0.581. The van der Waals surface area contributed by atoms with Crippen LogP contribution in [-0.2, 0) is 4.79 Å². The molecule has 1 amide bonds. The van der Waals surface area contributed by atoms with Crippen molar-refractivity contribution in [1.29, 1.82) is 0 Å². The molecule has 134 valence electrons. The van der Waals surface area contributed by atoms with Crippen molar-refractivity contribution in [3.05, 3.63) is 58.6 Å². The average molecular weight is 390 g/mol. The highest BCUT2D eigenvalue weighted by Crippen LogP contribution is 2.24. The van der Waals surface area contributed by atoms with E-state index in [-0.39, 0.29) is 16.7 Å². The first-order chi connectivity index (χ1) is 12.4. The van der Waals surface area contributed by atoms with Gasteiger partial charge in [-0.25, -0.2) is 0 Å². The number of hydrogen-bond acceptors (Lipinski definition) is 5. The minimum Gasteiger partial charge on any atom is -0.538 e. The highest BCUT2D eigenvalue weighted by Gasteiger charge is 2.22. The van der Waals surface area contributed by atoms with E-state index in [1.807, 2.05) is 44.2 Å². The van der Waals surface area contributed by atoms with Crippen molar-refractivity contribution in [1.82, 2.24) is 5.27 Å². The van der Waals surface area contributed by atoms with Crippen LogP contribution in [0.3, 0.4) is 0 Å². The molecule has 2 aromatic carbocycles. The van der Waals surface area contributed by atoms with Crippen LogP contribution in [0.1, 0.15) is 11.1 Å². The van der Waals surface area contributed by atoms with E-state index in [0.29, 0.717) is 16.4 Å². The average Bonchev–Trinajstić information content (AvgIpc) is 2.98. The lowest BCUT2D eigenvalue weighted by molar-refractivity contribution is -0.705. The fourth-order valence-electron chi connectivity index (χ4n) is 2.26. The summed E-state index contributed by atoms with van der Waals surface area (Å²) in [5.74, 6) is -0.799. The number of hydrogen-bond donors (Lipinski definition) is 1. The Labute approximate surface area is 159 Å². The monoisotopic (exact) mass is 389 g/mol. The second-order valence-electron chi connectivity index (χ2n) is 5.71. The van der Waals surface area contributed by atoms with Gasteiger partial charge in [-0.2, -0.15) is 0 Å². The van der Waals surface area contributed by atoms with Crippen molar-refractivity contribution in [3.8, 4) is 11.6 Å². The number of nitrogens with zero attached hydrogens (tertiary/aromatic N) is 2. The number of carbonyl (C=O) groups is 1. The zero-order valence-electron chi connectivity index (χ0n) is 14.2. The molecule has 0 unspecified atom stereocenters. The second kappa shape index (κ2) is 7.80. The van der Waals surface area contributed by atoms with Crippen LogP contribution in [-0.4, -0.2) is 16.9 Å². The summed E-state index contributed by atoms with van der Waals surface area (Å²) in [7, 11) is 0. The number of benzene rings is 2. The number of nitrogens with one attached hydrogen (secondary N) is 1. The van der Waals surface area contributed by atoms with E-state index < -0.39 is 5.95 Å². The number of amides is 1. The lowest BCUT2D eigenvalue weighted by Crippen LogP contribution is -2.35. The first-order valence-electron chi connectivity index (χ1n) is 7.79. The lowest BCUT2D eigenvalue weighted by atomic mass is 10.2. The van der Waals surface area contributed by atoms with E-state index in [9.17, 15) is 9.90 Å². The summed E-state index contributed by atoms with van der Waals surface area (Å²) in [6, 6.07) is 12.7. The van der Waals surface area contributed by atoms with Gasteiger partial charge in [-0.05, 0) is 48.0 Å². The van der Waals surface area contributed by atoms with E-state index in [1.54, 1.807) is 12.1 Å². The van der Waals surface area contributed by atoms with Crippen LogP contribution in [0.4, 0.5) is 5.69 Å². The maximum Gasteiger partial charge on any atom is 0.298 e. The SMILES string of the molecule is Cc1ccc(-[n+]2noc([O-])c2SCC(=O)Nc2cc(Cl)ccc2C)cc1. The fourth-order valence-corrected chi connectivity index (χ4v) is 3.19. The van der Waals surface area contributed by atoms with Crippen molar-refractivity contribution < 1.29 is 19.1 Å². The van der Waals surface area contributed by atoms with Crippen molar-refractivity contribution in [3.63, 3.8) is 0 Å². The largest absolute Gasteiger partial charge is 0.538 e. The van der Waals surface area contributed by atoms with Crippen molar-refractivity contribution in [2.75, 3.05) is 11.1 Å². The Bertz CT molecular complexity index is 941. The molecule has 26 heavy (non-hydrogen) atoms. The Morgan fingerprint density at radius 3 is 2.73 bits per heavy atom. The van der Waals surface area contributed by atoms with Gasteiger partial charge in [0.2, 0.25) is 11.6 Å². The number of thioether (sulfide) groups is 1. The third-order valence-electron chi connectivity index (χ3n) is 3.66. The molecule has 0 aliphatic rings. The molecule has 0 radical (unpaired) electrons. The molecule has 3 aromatic rings. The van der Waals surface area contributed by atoms with Crippen LogP contribution in [0, 0.1) is 13.8 Å². The highest BCUT2D eigenvalue weighted by molar-refractivity contribution is 7.99. The summed E-state index contributed by atoms with van der Waals surface area (Å²) in [6.07, 6.45) is 0. The molecule has 0 aliphatic heterocycles. The molecule has 0 atom stereocenters. The normalized spacial score (nSPS) is 10.7. The Morgan fingerprint density at radius 2 is 2.00 bits per heavy atom. The standard InChI is InChI=1S/C18H16ClN3O3S/c1-11-3-7-14(8-4-11)22-17(18(24)25-21-22)26-10-16(23)20-15-9-13(19)6-5-12(15)2/h3-9H,10H2,1-2H3,(H-,20,21,23,24). The van der Waals surface area contributed by atoms with Crippen molar-refractivity contribution in [2.45, 2.75) is 18.9 Å². The first-order valence-corrected chi connectivity index (χ1v) is 9.15. The second-order valence-corrected chi connectivity index (χ2v) is 7.11. The summed E-state index contributed by atoms with van der Waals surface area (Å²) < 4.78 is 6.15. The zero-order chi connectivity index (χ0) is 18.7. The van der Waals surface area contributed by atoms with Crippen LogP contribution < -0.4 is 15.1 Å². The van der Waals surface area contributed by atoms with E-state index >= 15 is 0 Å². The van der Waals surface area contributed by atoms with Crippen LogP contribution in [0.15, 0.2) is 52.0 Å². The number of rotatable bonds is 5. The van der Waals surface area contributed by atoms with Crippen LogP contribution in [0.5, 0.6) is 5.95 Å². The van der Waals surface area contributed by atoms with Gasteiger partial charge < -0.3 is 14.9 Å². The van der Waals surface area contributed by atoms with Crippen LogP contribution >= 0.6 is 23.4 Å². The molecule has 8 heteroatoms. The Morgan fingerprint density at radius 1 is 1.27 bits per heavy atom. The molecule has 3 rings (SSSR count). The molecule has 1 N–H and O–H groups in total. The van der Waals surface area contributed by atoms with Gasteiger partial charge in [0.15, 0.2) is 5.95 Å². The molecule has 1 aromatic heterocycles. The third-order valence-corrected chi connectivity index (χ3v) is 4.92. The molecule has 0 aliphatic carbocycles. The van der Waals surface area contributed by atoms with Gasteiger partial charge in [-0.15, -0.1) is 0 Å². The Kier molecular flexibility index (Phi) is 5.49. The summed E-state index contributed by atoms with van der Waals surface area (Å²) in [6.45, 7) is 3.84. The maximum atomic E-state index is 12.2. The predicted molar refractivity (Wildman–Crippen MR) is 97.8 cm³/mol. The fraction of sp³-hybridized carbons (Fsp3) is 0.167. The van der Waals surface area contributed by atoms with Gasteiger partial charge in [0.05, 0.1) is 11.0 Å². The van der Waals surface area contributed by atoms with Gasteiger partial charge in [-0.1, -0.05) is 35.4 Å². The van der Waals surface area contributed by atoms with Crippen molar-refractivity contribution in [2.24, 2.45) is 0 Å². The van der Waals surface area contributed by atoms with Crippen LogP contribution in [0.2, 0.25) is 5.02 Å². The van der Waals surface area contributed by atoms with E-state index in [2.05, 4.69) is 10.6 Å². The van der Waals surface area contributed by atoms with E-state index in [4.69, 9.17) is 16.1 Å². The molecule has 0 bridgehead atoms. The molecule has 0 spiro atoms. The van der Waals surface area contributed by atoms with Crippen molar-refractivity contribution >= 4 is 35.0 Å². The summed E-state index contributed by atoms with van der Waals surface area (Å²) in [5, 5.41) is 19.3. The Hall–Kier alpha value is -2.51. The molecule has 0 fully saturated rings. The van der Waals surface area contributed by atoms with E-state index in [1.165, 1.54) is 4.68 Å². The van der Waals surface area contributed by atoms with Gasteiger partial charge in [0.1, 0.15) is 0 Å². The molecular weight excluding hydrogens is 374 g/mol. The van der Waals surface area contributed by atoms with Gasteiger partial charge in [0, 0.05) is 22.8 Å². The first kappa shape index (κ1) is 18.3. The van der Waals surface area contributed by atoms with Gasteiger partial charge >= 0.3 is 0 Å². The number of aromatic nitrogens is 2. The predicted octanol–water partition coefficient (Wildman–Crippen LogP) is 3.03. The van der Waals surface area contributed by atoms with Gasteiger partial charge in [0.25, 0.3) is 5.03 Å². The Balaban J connectivity index is 1.72. The van der Waals surface area contributed by atoms with Gasteiger partial charge in [-0.3, -0.25) is 4.79 Å². The maximum absolute atomic E-state index is 12.2. The molecule has 6 nitrogen and oxygen atoms in total. The molecule has 1 heterocycles. The summed E-state index contributed by atoms with van der Waals surface area (Å²) in [4.78, 5) is 12.2. The number of anilines is 1. The minimum absolute atomic E-state index is 0.0360. The topological polar surface area (TPSA) is 82.1 Å². The summed E-state index contributed by atoms with van der Waals surface area (Å²) in [5.41, 5.74) is 3.32. The van der Waals surface area contributed by atoms with E-state index in [0.717, 1.165) is 22.9 Å². The zero-order valence-corrected chi connectivity index (χ0v) is 15.7. The smallest absolute Gasteiger partial charge is 0.298 e. The lowest BCUT2D eigenvalue weighted by Gasteiger charge is -2.08. The number of carbonyl (C=O) groups excluding carboxylic acids is 1. The molecular formula is C18H16ClN3O3S. The quantitative estimate of drug-likeness (QED) is 0.535.